The predicted octanol–water partition coefficient (Wildman–Crippen LogP) is 2.23. The fourth-order valence-corrected chi connectivity index (χ4v) is 2.58. The summed E-state index contributed by atoms with van der Waals surface area (Å²) >= 11 is 0. The number of rotatable bonds is 2. The average molecular weight is 249 g/mol. The molecule has 1 aromatic rings. The Morgan fingerprint density at radius 2 is 1.89 bits per heavy atom. The Hall–Kier alpha value is -1.16. The van der Waals surface area contributed by atoms with E-state index in [-0.39, 0.29) is 6.61 Å². The van der Waals surface area contributed by atoms with Crippen LogP contribution < -0.4 is 4.90 Å². The van der Waals surface area contributed by atoms with Crippen molar-refractivity contribution in [1.82, 2.24) is 10.2 Å². The average Bonchev–Trinajstić information content (AvgIpc) is 2.38. The first kappa shape index (κ1) is 13.3. The van der Waals surface area contributed by atoms with Crippen molar-refractivity contribution in [2.24, 2.45) is 11.3 Å². The molecule has 0 radical (unpaired) electrons. The number of hydrogen-bond acceptors (Lipinski definition) is 4. The maximum absolute atomic E-state index is 8.95. The molecule has 1 saturated heterocycles. The Kier molecular flexibility index (Phi) is 3.85. The summed E-state index contributed by atoms with van der Waals surface area (Å²) in [5.41, 5.74) is 1.03. The number of hydrogen-bond donors (Lipinski definition) is 1. The van der Waals surface area contributed by atoms with Crippen LogP contribution in [-0.2, 0) is 6.61 Å². The SMILES string of the molecule is CC(C)(C)C1CCN(c2ccc(CO)nn2)CC1. The van der Waals surface area contributed by atoms with Crippen LogP contribution in [0.5, 0.6) is 0 Å². The summed E-state index contributed by atoms with van der Waals surface area (Å²) in [4.78, 5) is 2.29. The molecule has 2 heterocycles. The lowest BCUT2D eigenvalue weighted by atomic mass is 9.75. The fraction of sp³-hybridized carbons (Fsp3) is 0.714. The topological polar surface area (TPSA) is 49.2 Å². The van der Waals surface area contributed by atoms with E-state index in [1.54, 1.807) is 0 Å². The number of aliphatic hydroxyl groups excluding tert-OH is 1. The van der Waals surface area contributed by atoms with E-state index in [0.29, 0.717) is 11.1 Å². The number of aromatic nitrogens is 2. The van der Waals surface area contributed by atoms with Gasteiger partial charge in [-0.25, -0.2) is 0 Å². The zero-order valence-corrected chi connectivity index (χ0v) is 11.6. The third-order valence-electron chi connectivity index (χ3n) is 3.91. The van der Waals surface area contributed by atoms with E-state index in [0.717, 1.165) is 24.8 Å². The Balaban J connectivity index is 1.96. The van der Waals surface area contributed by atoms with E-state index in [1.165, 1.54) is 12.8 Å². The van der Waals surface area contributed by atoms with Gasteiger partial charge in [-0.15, -0.1) is 5.10 Å². The van der Waals surface area contributed by atoms with Crippen LogP contribution in [0.25, 0.3) is 0 Å². The molecule has 0 atom stereocenters. The lowest BCUT2D eigenvalue weighted by Gasteiger charge is -2.39. The molecule has 4 heteroatoms. The molecule has 0 aromatic carbocycles. The van der Waals surface area contributed by atoms with Gasteiger partial charge in [0, 0.05) is 13.1 Å². The van der Waals surface area contributed by atoms with Crippen molar-refractivity contribution in [2.75, 3.05) is 18.0 Å². The fourth-order valence-electron chi connectivity index (χ4n) is 2.58. The monoisotopic (exact) mass is 249 g/mol. The summed E-state index contributed by atoms with van der Waals surface area (Å²) in [6.45, 7) is 9.03. The minimum Gasteiger partial charge on any atom is -0.390 e. The maximum Gasteiger partial charge on any atom is 0.151 e. The van der Waals surface area contributed by atoms with Gasteiger partial charge in [-0.2, -0.15) is 5.10 Å². The summed E-state index contributed by atoms with van der Waals surface area (Å²) in [6, 6.07) is 3.80. The Morgan fingerprint density at radius 3 is 2.33 bits per heavy atom. The standard InChI is InChI=1S/C14H23N3O/c1-14(2,3)11-6-8-17(9-7-11)13-5-4-12(10-18)15-16-13/h4-5,11,18H,6-10H2,1-3H3. The molecule has 18 heavy (non-hydrogen) atoms. The second-order valence-electron chi connectivity index (χ2n) is 6.17. The van der Waals surface area contributed by atoms with Gasteiger partial charge in [-0.05, 0) is 36.3 Å². The molecule has 0 bridgehead atoms. The van der Waals surface area contributed by atoms with Crippen molar-refractivity contribution < 1.29 is 5.11 Å². The third-order valence-corrected chi connectivity index (χ3v) is 3.91. The summed E-state index contributed by atoms with van der Waals surface area (Å²) < 4.78 is 0. The molecule has 4 nitrogen and oxygen atoms in total. The van der Waals surface area contributed by atoms with Crippen LogP contribution in [0.3, 0.4) is 0 Å². The van der Waals surface area contributed by atoms with Crippen LogP contribution in [0, 0.1) is 11.3 Å². The van der Waals surface area contributed by atoms with Gasteiger partial charge >= 0.3 is 0 Å². The lowest BCUT2D eigenvalue weighted by Crippen LogP contribution is -2.38. The predicted molar refractivity (Wildman–Crippen MR) is 72.3 cm³/mol. The van der Waals surface area contributed by atoms with Gasteiger partial charge in [0.15, 0.2) is 5.82 Å². The van der Waals surface area contributed by atoms with Crippen molar-refractivity contribution in [3.8, 4) is 0 Å². The zero-order valence-electron chi connectivity index (χ0n) is 11.6. The van der Waals surface area contributed by atoms with Crippen LogP contribution in [0.1, 0.15) is 39.3 Å². The molecule has 0 unspecified atom stereocenters. The first-order chi connectivity index (χ1) is 8.50. The molecule has 1 fully saturated rings. The second-order valence-corrected chi connectivity index (χ2v) is 6.17. The van der Waals surface area contributed by atoms with Crippen LogP contribution in [0.15, 0.2) is 12.1 Å². The van der Waals surface area contributed by atoms with Crippen LogP contribution in [0.2, 0.25) is 0 Å². The first-order valence-corrected chi connectivity index (χ1v) is 6.69. The molecule has 0 aliphatic carbocycles. The maximum atomic E-state index is 8.95. The Labute approximate surface area is 109 Å². The van der Waals surface area contributed by atoms with Gasteiger partial charge in [0.2, 0.25) is 0 Å². The minimum atomic E-state index is -0.0423. The van der Waals surface area contributed by atoms with Gasteiger partial charge in [-0.1, -0.05) is 20.8 Å². The molecule has 1 N–H and O–H groups in total. The van der Waals surface area contributed by atoms with Crippen molar-refractivity contribution in [1.29, 1.82) is 0 Å². The molecular formula is C14H23N3O. The van der Waals surface area contributed by atoms with Gasteiger partial charge in [0.05, 0.1) is 12.3 Å². The van der Waals surface area contributed by atoms with E-state index >= 15 is 0 Å². The second kappa shape index (κ2) is 5.22. The number of piperidine rings is 1. The molecule has 1 aliphatic heterocycles. The highest BCUT2D eigenvalue weighted by Gasteiger charge is 2.29. The molecule has 0 saturated carbocycles. The molecular weight excluding hydrogens is 226 g/mol. The number of nitrogens with zero attached hydrogens (tertiary/aromatic N) is 3. The molecule has 1 aromatic heterocycles. The molecule has 100 valence electrons. The van der Waals surface area contributed by atoms with Crippen LogP contribution in [0.4, 0.5) is 5.82 Å². The summed E-state index contributed by atoms with van der Waals surface area (Å²) in [5, 5.41) is 17.1. The van der Waals surface area contributed by atoms with Crippen LogP contribution in [-0.4, -0.2) is 28.4 Å². The van der Waals surface area contributed by atoms with Gasteiger partial charge in [0.1, 0.15) is 0 Å². The third kappa shape index (κ3) is 2.99. The first-order valence-electron chi connectivity index (χ1n) is 6.69. The Bertz CT molecular complexity index is 375. The molecule has 1 aliphatic rings. The van der Waals surface area contributed by atoms with E-state index < -0.39 is 0 Å². The van der Waals surface area contributed by atoms with E-state index in [1.807, 2.05) is 12.1 Å². The Morgan fingerprint density at radius 1 is 1.22 bits per heavy atom. The van der Waals surface area contributed by atoms with Gasteiger partial charge in [0.25, 0.3) is 0 Å². The largest absolute Gasteiger partial charge is 0.390 e. The van der Waals surface area contributed by atoms with Crippen molar-refractivity contribution in [3.63, 3.8) is 0 Å². The summed E-state index contributed by atoms with van der Waals surface area (Å²) in [6.07, 6.45) is 2.43. The highest BCUT2D eigenvalue weighted by Crippen LogP contribution is 2.35. The zero-order chi connectivity index (χ0) is 13.2. The molecule has 0 amide bonds. The van der Waals surface area contributed by atoms with Gasteiger partial charge < -0.3 is 10.0 Å². The molecule has 0 spiro atoms. The van der Waals surface area contributed by atoms with E-state index in [9.17, 15) is 0 Å². The quantitative estimate of drug-likeness (QED) is 0.873. The minimum absolute atomic E-state index is 0.0423. The van der Waals surface area contributed by atoms with E-state index in [2.05, 4.69) is 35.9 Å². The van der Waals surface area contributed by atoms with Crippen molar-refractivity contribution in [2.45, 2.75) is 40.2 Å². The smallest absolute Gasteiger partial charge is 0.151 e. The van der Waals surface area contributed by atoms with E-state index in [4.69, 9.17) is 5.11 Å². The number of aliphatic hydroxyl groups is 1. The summed E-state index contributed by atoms with van der Waals surface area (Å²) in [7, 11) is 0. The van der Waals surface area contributed by atoms with Crippen molar-refractivity contribution in [3.05, 3.63) is 17.8 Å². The highest BCUT2D eigenvalue weighted by atomic mass is 16.3. The summed E-state index contributed by atoms with van der Waals surface area (Å²) in [5.74, 6) is 1.72. The normalized spacial score (nSPS) is 18.1. The highest BCUT2D eigenvalue weighted by molar-refractivity contribution is 5.37. The van der Waals surface area contributed by atoms with Gasteiger partial charge in [-0.3, -0.25) is 0 Å². The van der Waals surface area contributed by atoms with Crippen LogP contribution >= 0.6 is 0 Å². The number of anilines is 1. The lowest BCUT2D eigenvalue weighted by molar-refractivity contribution is 0.198. The van der Waals surface area contributed by atoms with Crippen molar-refractivity contribution >= 4 is 5.82 Å². The molecule has 2 rings (SSSR count).